The summed E-state index contributed by atoms with van der Waals surface area (Å²) in [6.07, 6.45) is 12.5. The van der Waals surface area contributed by atoms with Crippen molar-refractivity contribution in [1.29, 1.82) is 0 Å². The molecule has 5 aliphatic rings. The number of carbonyl (C=O) groups is 1. The first-order valence-electron chi connectivity index (χ1n) is 12.4. The molecule has 2 nitrogen and oxygen atoms in total. The van der Waals surface area contributed by atoms with Crippen LogP contribution in [-0.4, -0.2) is 17.5 Å². The zero-order valence-electron chi connectivity index (χ0n) is 18.7. The highest BCUT2D eigenvalue weighted by atomic mass is 16.3. The van der Waals surface area contributed by atoms with Gasteiger partial charge in [-0.3, -0.25) is 4.79 Å². The Morgan fingerprint density at radius 2 is 1.57 bits per heavy atom. The van der Waals surface area contributed by atoms with Gasteiger partial charge in [-0.25, -0.2) is 0 Å². The topological polar surface area (TPSA) is 37.3 Å². The van der Waals surface area contributed by atoms with E-state index in [0.29, 0.717) is 29.1 Å². The Morgan fingerprint density at radius 1 is 0.893 bits per heavy atom. The molecule has 0 aliphatic heterocycles. The van der Waals surface area contributed by atoms with Crippen LogP contribution in [0.4, 0.5) is 0 Å². The van der Waals surface area contributed by atoms with Crippen molar-refractivity contribution in [3.05, 3.63) is 0 Å². The largest absolute Gasteiger partial charge is 0.396 e. The van der Waals surface area contributed by atoms with Gasteiger partial charge in [-0.05, 0) is 110 Å². The molecule has 5 fully saturated rings. The molecular weight excluding hydrogens is 344 g/mol. The van der Waals surface area contributed by atoms with E-state index in [2.05, 4.69) is 27.7 Å². The minimum atomic E-state index is 0.247. The van der Waals surface area contributed by atoms with Crippen molar-refractivity contribution in [2.75, 3.05) is 6.61 Å². The second-order valence-corrected chi connectivity index (χ2v) is 12.4. The van der Waals surface area contributed by atoms with Crippen molar-refractivity contribution in [2.24, 2.45) is 57.7 Å². The third kappa shape index (κ3) is 2.33. The number of carbonyl (C=O) groups excluding carboxylic acids is 1. The van der Waals surface area contributed by atoms with E-state index in [9.17, 15) is 9.90 Å². The molecule has 2 heteroatoms. The highest BCUT2D eigenvalue weighted by Gasteiger charge is 2.65. The van der Waals surface area contributed by atoms with Gasteiger partial charge in [0.15, 0.2) is 0 Å². The zero-order valence-corrected chi connectivity index (χ0v) is 18.7. The molecule has 0 spiro atoms. The average molecular weight is 387 g/mol. The molecule has 0 saturated heterocycles. The van der Waals surface area contributed by atoms with Crippen molar-refractivity contribution >= 4 is 5.78 Å². The molecule has 0 bridgehead atoms. The Labute approximate surface area is 172 Å². The third-order valence-electron chi connectivity index (χ3n) is 11.8. The van der Waals surface area contributed by atoms with Crippen molar-refractivity contribution in [3.63, 3.8) is 0 Å². The minimum Gasteiger partial charge on any atom is -0.396 e. The van der Waals surface area contributed by atoms with Gasteiger partial charge in [0.05, 0.1) is 0 Å². The first-order chi connectivity index (χ1) is 13.3. The van der Waals surface area contributed by atoms with Gasteiger partial charge in [-0.1, -0.05) is 27.7 Å². The summed E-state index contributed by atoms with van der Waals surface area (Å²) >= 11 is 0. The molecule has 0 aromatic heterocycles. The molecule has 0 radical (unpaired) electrons. The number of hydrogen-bond donors (Lipinski definition) is 1. The van der Waals surface area contributed by atoms with Gasteiger partial charge in [-0.15, -0.1) is 0 Å². The molecule has 0 amide bonds. The first kappa shape index (κ1) is 19.6. The highest BCUT2D eigenvalue weighted by molar-refractivity contribution is 5.82. The summed E-state index contributed by atoms with van der Waals surface area (Å²) in [5, 5.41) is 10.4. The number of hydrogen-bond acceptors (Lipinski definition) is 2. The van der Waals surface area contributed by atoms with Crippen LogP contribution >= 0.6 is 0 Å². The molecule has 28 heavy (non-hydrogen) atoms. The second kappa shape index (κ2) is 6.32. The summed E-state index contributed by atoms with van der Waals surface area (Å²) in [5.74, 6) is 5.47. The van der Waals surface area contributed by atoms with Crippen LogP contribution in [0.5, 0.6) is 0 Å². The predicted octanol–water partition coefficient (Wildman–Crippen LogP) is 5.87. The summed E-state index contributed by atoms with van der Waals surface area (Å²) in [5.41, 5.74) is 1.08. The lowest BCUT2D eigenvalue weighted by Gasteiger charge is -2.67. The van der Waals surface area contributed by atoms with Crippen LogP contribution in [0, 0.1) is 57.7 Å². The summed E-state index contributed by atoms with van der Waals surface area (Å²) < 4.78 is 0. The summed E-state index contributed by atoms with van der Waals surface area (Å²) in [4.78, 5) is 12.5. The molecule has 10 unspecified atom stereocenters. The Kier molecular flexibility index (Phi) is 4.42. The minimum absolute atomic E-state index is 0.247. The molecule has 158 valence electrons. The van der Waals surface area contributed by atoms with E-state index in [1.54, 1.807) is 0 Å². The van der Waals surface area contributed by atoms with Crippen LogP contribution < -0.4 is 0 Å². The molecule has 0 heterocycles. The van der Waals surface area contributed by atoms with Gasteiger partial charge in [0, 0.05) is 18.9 Å². The molecule has 0 aromatic rings. The van der Waals surface area contributed by atoms with E-state index in [-0.39, 0.29) is 11.3 Å². The highest BCUT2D eigenvalue weighted by Crippen LogP contribution is 2.72. The van der Waals surface area contributed by atoms with Gasteiger partial charge in [0.2, 0.25) is 0 Å². The van der Waals surface area contributed by atoms with Gasteiger partial charge >= 0.3 is 0 Å². The molecule has 5 saturated carbocycles. The van der Waals surface area contributed by atoms with Crippen molar-refractivity contribution in [1.82, 2.24) is 0 Å². The fraction of sp³-hybridized carbons (Fsp3) is 0.962. The first-order valence-corrected chi connectivity index (χ1v) is 12.4. The summed E-state index contributed by atoms with van der Waals surface area (Å²) in [6, 6.07) is 0. The van der Waals surface area contributed by atoms with E-state index >= 15 is 0 Å². The lowest BCUT2D eigenvalue weighted by atomic mass is 9.37. The van der Waals surface area contributed by atoms with Crippen LogP contribution in [0.2, 0.25) is 0 Å². The smallest absolute Gasteiger partial charge is 0.136 e. The van der Waals surface area contributed by atoms with Crippen LogP contribution in [0.25, 0.3) is 0 Å². The third-order valence-corrected chi connectivity index (χ3v) is 11.8. The average Bonchev–Trinajstić information content (AvgIpc) is 3.02. The van der Waals surface area contributed by atoms with Crippen LogP contribution in [0.1, 0.15) is 91.9 Å². The molecule has 1 N–H and O–H groups in total. The van der Waals surface area contributed by atoms with E-state index in [1.807, 2.05) is 0 Å². The SMILES string of the molecule is CC1CCC2(CO)CCC3C(CCC4C5(C)CCC(=O)C(C)C5CCC34C)C12. The number of Topliss-reactive ketones (excluding diaryl/α,β-unsaturated/α-hetero) is 1. The normalized spacial score (nSPS) is 58.5. The van der Waals surface area contributed by atoms with Crippen molar-refractivity contribution in [2.45, 2.75) is 91.9 Å². The Morgan fingerprint density at radius 3 is 2.32 bits per heavy atom. The number of fused-ring (bicyclic) bond motifs is 7. The van der Waals surface area contributed by atoms with Crippen LogP contribution in [0.3, 0.4) is 0 Å². The van der Waals surface area contributed by atoms with Crippen molar-refractivity contribution in [3.8, 4) is 0 Å². The van der Waals surface area contributed by atoms with Crippen LogP contribution in [0.15, 0.2) is 0 Å². The predicted molar refractivity (Wildman–Crippen MR) is 113 cm³/mol. The fourth-order valence-corrected chi connectivity index (χ4v) is 10.5. The Bertz CT molecular complexity index is 657. The number of ketones is 1. The van der Waals surface area contributed by atoms with E-state index in [1.165, 1.54) is 51.4 Å². The maximum atomic E-state index is 12.5. The van der Waals surface area contributed by atoms with Gasteiger partial charge in [0.25, 0.3) is 0 Å². The number of aliphatic hydroxyl groups excluding tert-OH is 1. The van der Waals surface area contributed by atoms with Crippen LogP contribution in [-0.2, 0) is 4.79 Å². The Hall–Kier alpha value is -0.370. The monoisotopic (exact) mass is 386 g/mol. The van der Waals surface area contributed by atoms with Crippen molar-refractivity contribution < 1.29 is 9.90 Å². The number of rotatable bonds is 1. The van der Waals surface area contributed by atoms with Gasteiger partial charge in [0.1, 0.15) is 5.78 Å². The summed E-state index contributed by atoms with van der Waals surface area (Å²) in [6.45, 7) is 10.4. The van der Waals surface area contributed by atoms with Gasteiger partial charge < -0.3 is 5.11 Å². The van der Waals surface area contributed by atoms with Gasteiger partial charge in [-0.2, -0.15) is 0 Å². The Balaban J connectivity index is 1.48. The maximum absolute atomic E-state index is 12.5. The fourth-order valence-electron chi connectivity index (χ4n) is 10.5. The standard InChI is InChI=1S/C26H42O2/c1-16-7-13-26(15-27)14-9-20-18(23(16)26)5-6-22-24(3)12-10-21(28)17(2)19(24)8-11-25(20,22)4/h16-20,22-23,27H,5-15H2,1-4H3. The molecule has 10 atom stereocenters. The molecule has 5 rings (SSSR count). The van der Waals surface area contributed by atoms with E-state index in [4.69, 9.17) is 0 Å². The lowest BCUT2D eigenvalue weighted by Crippen LogP contribution is -2.61. The maximum Gasteiger partial charge on any atom is 0.136 e. The second-order valence-electron chi connectivity index (χ2n) is 12.4. The lowest BCUT2D eigenvalue weighted by molar-refractivity contribution is -0.190. The quantitative estimate of drug-likeness (QED) is 0.612. The van der Waals surface area contributed by atoms with E-state index < -0.39 is 0 Å². The molecule has 5 aliphatic carbocycles. The number of aliphatic hydroxyl groups is 1. The molecular formula is C26H42O2. The van der Waals surface area contributed by atoms with E-state index in [0.717, 1.165) is 42.4 Å². The zero-order chi connectivity index (χ0) is 19.9. The summed E-state index contributed by atoms with van der Waals surface area (Å²) in [7, 11) is 0. The molecule has 0 aromatic carbocycles.